The van der Waals surface area contributed by atoms with Crippen LogP contribution in [0.3, 0.4) is 0 Å². The lowest BCUT2D eigenvalue weighted by atomic mass is 10.3. The van der Waals surface area contributed by atoms with Crippen LogP contribution in [0.15, 0.2) is 35.0 Å². The summed E-state index contributed by atoms with van der Waals surface area (Å²) in [7, 11) is 0. The maximum absolute atomic E-state index is 9.41. The van der Waals surface area contributed by atoms with Gasteiger partial charge in [0.1, 0.15) is 6.61 Å². The molecule has 0 bridgehead atoms. The summed E-state index contributed by atoms with van der Waals surface area (Å²) >= 11 is 0. The maximum atomic E-state index is 9.41. The number of nitrogens with two attached hydrogens (primary N) is 1. The van der Waals surface area contributed by atoms with Crippen molar-refractivity contribution in [3.8, 4) is 11.5 Å². The van der Waals surface area contributed by atoms with Crippen LogP contribution in [0.5, 0.6) is 11.5 Å². The van der Waals surface area contributed by atoms with Crippen LogP contribution in [0.4, 0.5) is 5.88 Å². The molecule has 2 aromatic rings. The molecule has 0 atom stereocenters. The third-order valence-corrected chi connectivity index (χ3v) is 1.92. The van der Waals surface area contributed by atoms with Crippen LogP contribution < -0.4 is 10.5 Å². The number of ether oxygens (including phenoxy) is 1. The topological polar surface area (TPSA) is 81.5 Å². The zero-order valence-electron chi connectivity index (χ0n) is 7.88. The zero-order valence-corrected chi connectivity index (χ0v) is 7.88. The number of hydrogen-bond donors (Lipinski definition) is 2. The summed E-state index contributed by atoms with van der Waals surface area (Å²) in [6.45, 7) is 0.215. The fourth-order valence-electron chi connectivity index (χ4n) is 1.11. The number of aromatic nitrogens is 1. The van der Waals surface area contributed by atoms with E-state index in [1.54, 1.807) is 24.3 Å². The standard InChI is InChI=1S/C10H10N2O3/c11-10-7(5-12-15-10)6-14-9-4-2-1-3-8(9)13/h1-5,13H,6,11H2. The van der Waals surface area contributed by atoms with Crippen LogP contribution >= 0.6 is 0 Å². The van der Waals surface area contributed by atoms with Gasteiger partial charge in [0.2, 0.25) is 5.88 Å². The number of hydrogen-bond acceptors (Lipinski definition) is 5. The fraction of sp³-hybridized carbons (Fsp3) is 0.100. The molecule has 0 aliphatic carbocycles. The van der Waals surface area contributed by atoms with Crippen molar-refractivity contribution < 1.29 is 14.4 Å². The highest BCUT2D eigenvalue weighted by Gasteiger charge is 2.06. The van der Waals surface area contributed by atoms with Gasteiger partial charge >= 0.3 is 0 Å². The Balaban J connectivity index is 2.06. The Kier molecular flexibility index (Phi) is 2.45. The quantitative estimate of drug-likeness (QED) is 0.796. The molecule has 1 aromatic heterocycles. The van der Waals surface area contributed by atoms with Crippen molar-refractivity contribution in [2.75, 3.05) is 5.73 Å². The van der Waals surface area contributed by atoms with Crippen molar-refractivity contribution in [3.05, 3.63) is 36.0 Å². The molecule has 0 unspecified atom stereocenters. The first kappa shape index (κ1) is 9.39. The highest BCUT2D eigenvalue weighted by Crippen LogP contribution is 2.25. The minimum atomic E-state index is 0.0903. The molecule has 0 aliphatic rings. The van der Waals surface area contributed by atoms with Gasteiger partial charge in [0, 0.05) is 0 Å². The van der Waals surface area contributed by atoms with Gasteiger partial charge in [-0.1, -0.05) is 17.3 Å². The highest BCUT2D eigenvalue weighted by molar-refractivity contribution is 5.39. The number of nitrogens with zero attached hydrogens (tertiary/aromatic N) is 1. The lowest BCUT2D eigenvalue weighted by molar-refractivity contribution is 0.289. The van der Waals surface area contributed by atoms with Gasteiger partial charge in [0.25, 0.3) is 0 Å². The second-order valence-corrected chi connectivity index (χ2v) is 2.97. The van der Waals surface area contributed by atoms with Crippen molar-refractivity contribution in [3.63, 3.8) is 0 Å². The molecular formula is C10H10N2O3. The molecule has 5 nitrogen and oxygen atoms in total. The third-order valence-electron chi connectivity index (χ3n) is 1.92. The molecule has 0 radical (unpaired) electrons. The van der Waals surface area contributed by atoms with E-state index in [1.807, 2.05) is 0 Å². The Morgan fingerprint density at radius 1 is 1.40 bits per heavy atom. The number of rotatable bonds is 3. The van der Waals surface area contributed by atoms with Crippen LogP contribution in [0.2, 0.25) is 0 Å². The number of para-hydroxylation sites is 2. The van der Waals surface area contributed by atoms with Gasteiger partial charge in [-0.05, 0) is 12.1 Å². The van der Waals surface area contributed by atoms with E-state index >= 15 is 0 Å². The van der Waals surface area contributed by atoms with Crippen molar-refractivity contribution in [2.24, 2.45) is 0 Å². The molecule has 5 heteroatoms. The first-order valence-electron chi connectivity index (χ1n) is 4.37. The van der Waals surface area contributed by atoms with E-state index in [0.717, 1.165) is 0 Å². The molecule has 0 amide bonds. The van der Waals surface area contributed by atoms with Crippen LogP contribution in [0, 0.1) is 0 Å². The first-order valence-corrected chi connectivity index (χ1v) is 4.37. The zero-order chi connectivity index (χ0) is 10.7. The molecule has 0 saturated carbocycles. The van der Waals surface area contributed by atoms with Gasteiger partial charge in [-0.25, -0.2) is 0 Å². The van der Waals surface area contributed by atoms with Crippen molar-refractivity contribution in [1.82, 2.24) is 5.16 Å². The first-order chi connectivity index (χ1) is 7.27. The van der Waals surface area contributed by atoms with Gasteiger partial charge in [-0.3, -0.25) is 0 Å². The monoisotopic (exact) mass is 206 g/mol. The summed E-state index contributed by atoms with van der Waals surface area (Å²) in [5, 5.41) is 12.9. The smallest absolute Gasteiger partial charge is 0.228 e. The molecule has 2 rings (SSSR count). The molecule has 0 spiro atoms. The molecule has 0 aliphatic heterocycles. The number of anilines is 1. The van der Waals surface area contributed by atoms with E-state index in [2.05, 4.69) is 9.68 Å². The molecule has 1 heterocycles. The fourth-order valence-corrected chi connectivity index (χ4v) is 1.11. The van der Waals surface area contributed by atoms with E-state index in [-0.39, 0.29) is 18.2 Å². The summed E-state index contributed by atoms with van der Waals surface area (Å²) in [5.74, 6) is 0.719. The summed E-state index contributed by atoms with van der Waals surface area (Å²) in [6.07, 6.45) is 1.48. The van der Waals surface area contributed by atoms with Crippen LogP contribution in [-0.4, -0.2) is 10.3 Å². The SMILES string of the molecule is Nc1oncc1COc1ccccc1O. The van der Waals surface area contributed by atoms with Gasteiger partial charge in [-0.15, -0.1) is 0 Å². The number of phenols is 1. The van der Waals surface area contributed by atoms with E-state index in [4.69, 9.17) is 10.5 Å². The highest BCUT2D eigenvalue weighted by atomic mass is 16.5. The average Bonchev–Trinajstić information content (AvgIpc) is 2.63. The molecule has 0 fully saturated rings. The van der Waals surface area contributed by atoms with Crippen molar-refractivity contribution >= 4 is 5.88 Å². The van der Waals surface area contributed by atoms with E-state index in [9.17, 15) is 5.11 Å². The van der Waals surface area contributed by atoms with Gasteiger partial charge in [-0.2, -0.15) is 0 Å². The molecule has 1 aromatic carbocycles. The number of aromatic hydroxyl groups is 1. The summed E-state index contributed by atoms with van der Waals surface area (Å²) < 4.78 is 10.0. The Hall–Kier alpha value is -2.17. The average molecular weight is 206 g/mol. The molecule has 15 heavy (non-hydrogen) atoms. The third kappa shape index (κ3) is 2.01. The Labute approximate surface area is 86.1 Å². The van der Waals surface area contributed by atoms with E-state index in [1.165, 1.54) is 6.20 Å². The van der Waals surface area contributed by atoms with E-state index < -0.39 is 0 Å². The maximum Gasteiger partial charge on any atom is 0.228 e. The van der Waals surface area contributed by atoms with Gasteiger partial charge in [0.05, 0.1) is 11.8 Å². The predicted octanol–water partition coefficient (Wildman–Crippen LogP) is 1.54. The lowest BCUT2D eigenvalue weighted by Crippen LogP contribution is -1.97. The Morgan fingerprint density at radius 3 is 2.87 bits per heavy atom. The molecule has 0 saturated heterocycles. The second kappa shape index (κ2) is 3.91. The van der Waals surface area contributed by atoms with Crippen molar-refractivity contribution in [1.29, 1.82) is 0 Å². The van der Waals surface area contributed by atoms with Crippen LogP contribution in [0.25, 0.3) is 0 Å². The Morgan fingerprint density at radius 2 is 2.20 bits per heavy atom. The van der Waals surface area contributed by atoms with Crippen LogP contribution in [0.1, 0.15) is 5.56 Å². The second-order valence-electron chi connectivity index (χ2n) is 2.97. The number of phenolic OH excluding ortho intramolecular Hbond substituents is 1. The lowest BCUT2D eigenvalue weighted by Gasteiger charge is -2.05. The van der Waals surface area contributed by atoms with Gasteiger partial charge in [0.15, 0.2) is 11.5 Å². The molecule has 78 valence electrons. The normalized spacial score (nSPS) is 10.1. The summed E-state index contributed by atoms with van der Waals surface area (Å²) in [5.41, 5.74) is 6.12. The minimum Gasteiger partial charge on any atom is -0.504 e. The summed E-state index contributed by atoms with van der Waals surface area (Å²) in [6, 6.07) is 6.70. The van der Waals surface area contributed by atoms with Gasteiger partial charge < -0.3 is 20.1 Å². The minimum absolute atomic E-state index is 0.0903. The van der Waals surface area contributed by atoms with Crippen molar-refractivity contribution in [2.45, 2.75) is 6.61 Å². The molecule has 3 N–H and O–H groups in total. The van der Waals surface area contributed by atoms with E-state index in [0.29, 0.717) is 11.3 Å². The van der Waals surface area contributed by atoms with Crippen LogP contribution in [-0.2, 0) is 6.61 Å². The number of benzene rings is 1. The predicted molar refractivity (Wildman–Crippen MR) is 53.4 cm³/mol. The Bertz CT molecular complexity index is 453. The summed E-state index contributed by atoms with van der Waals surface area (Å²) in [4.78, 5) is 0. The molecular weight excluding hydrogens is 196 g/mol. The largest absolute Gasteiger partial charge is 0.504 e. The number of nitrogen functional groups attached to an aromatic ring is 1.